The molecule has 7 heteroatoms. The summed E-state index contributed by atoms with van der Waals surface area (Å²) in [5, 5.41) is 9.04. The summed E-state index contributed by atoms with van der Waals surface area (Å²) in [5.74, 6) is 0.369. The maximum atomic E-state index is 13.8. The van der Waals surface area contributed by atoms with Crippen LogP contribution in [0.25, 0.3) is 11.1 Å². The predicted octanol–water partition coefficient (Wildman–Crippen LogP) is 3.48. The number of hydrogen-bond donors (Lipinski definition) is 0. The number of likely N-dealkylation sites (tertiary alicyclic amines) is 1. The lowest BCUT2D eigenvalue weighted by atomic mass is 9.82. The third-order valence-electron chi connectivity index (χ3n) is 7.96. The van der Waals surface area contributed by atoms with Gasteiger partial charge in [-0.15, -0.1) is 0 Å². The number of carbonyl (C=O) groups is 1. The quantitative estimate of drug-likeness (QED) is 0.555. The Kier molecular flexibility index (Phi) is 6.37. The number of ether oxygens (including phenoxy) is 1. The number of aromatic nitrogens is 1. The molecule has 1 aromatic heterocycles. The maximum absolute atomic E-state index is 13.8. The molecule has 37 heavy (non-hydrogen) atoms. The molecular formula is C30H30N4O3. The zero-order chi connectivity index (χ0) is 25.4. The Bertz CT molecular complexity index is 1420. The van der Waals surface area contributed by atoms with Crippen LogP contribution < -0.4 is 5.56 Å². The lowest BCUT2D eigenvalue weighted by molar-refractivity contribution is 0.0342. The van der Waals surface area contributed by atoms with Gasteiger partial charge in [-0.2, -0.15) is 5.26 Å². The molecule has 2 aromatic carbocycles. The van der Waals surface area contributed by atoms with E-state index in [1.807, 2.05) is 27.7 Å². The fraction of sp³-hybridized carbons (Fsp3) is 0.367. The molecule has 0 saturated carbocycles. The van der Waals surface area contributed by atoms with E-state index in [-0.39, 0.29) is 23.3 Å². The number of nitriles is 1. The van der Waals surface area contributed by atoms with Crippen molar-refractivity contribution in [2.24, 2.45) is 5.92 Å². The van der Waals surface area contributed by atoms with E-state index in [2.05, 4.69) is 29.2 Å². The van der Waals surface area contributed by atoms with Crippen LogP contribution in [0, 0.1) is 17.2 Å². The molecule has 3 aliphatic heterocycles. The van der Waals surface area contributed by atoms with Gasteiger partial charge in [-0.3, -0.25) is 14.5 Å². The van der Waals surface area contributed by atoms with Crippen molar-refractivity contribution in [3.63, 3.8) is 0 Å². The minimum absolute atomic E-state index is 0.0105. The molecule has 2 fully saturated rings. The van der Waals surface area contributed by atoms with Gasteiger partial charge in [0.2, 0.25) is 0 Å². The van der Waals surface area contributed by atoms with Crippen molar-refractivity contribution in [2.75, 3.05) is 39.4 Å². The highest BCUT2D eigenvalue weighted by Crippen LogP contribution is 2.36. The summed E-state index contributed by atoms with van der Waals surface area (Å²) in [6, 6.07) is 21.2. The second-order valence-electron chi connectivity index (χ2n) is 10.3. The molecule has 2 bridgehead atoms. The topological polar surface area (TPSA) is 78.6 Å². The second kappa shape index (κ2) is 9.97. The highest BCUT2D eigenvalue weighted by atomic mass is 16.5. The second-order valence-corrected chi connectivity index (χ2v) is 10.3. The van der Waals surface area contributed by atoms with E-state index >= 15 is 0 Å². The van der Waals surface area contributed by atoms with Crippen molar-refractivity contribution in [1.29, 1.82) is 5.26 Å². The van der Waals surface area contributed by atoms with Crippen LogP contribution in [-0.2, 0) is 17.8 Å². The van der Waals surface area contributed by atoms with Gasteiger partial charge in [0, 0.05) is 62.0 Å². The van der Waals surface area contributed by atoms with Crippen molar-refractivity contribution in [1.82, 2.24) is 14.4 Å². The van der Waals surface area contributed by atoms with Crippen LogP contribution in [-0.4, -0.2) is 59.7 Å². The van der Waals surface area contributed by atoms with Crippen LogP contribution in [0.15, 0.2) is 65.5 Å². The summed E-state index contributed by atoms with van der Waals surface area (Å²) in [7, 11) is 0. The Morgan fingerprint density at radius 2 is 1.73 bits per heavy atom. The zero-order valence-corrected chi connectivity index (χ0v) is 20.8. The van der Waals surface area contributed by atoms with Gasteiger partial charge >= 0.3 is 0 Å². The summed E-state index contributed by atoms with van der Waals surface area (Å²) in [4.78, 5) is 31.3. The molecular weight excluding hydrogens is 464 g/mol. The first-order chi connectivity index (χ1) is 18.1. The van der Waals surface area contributed by atoms with Crippen molar-refractivity contribution in [3.05, 3.63) is 93.4 Å². The molecule has 188 valence electrons. The first-order valence-corrected chi connectivity index (χ1v) is 13.0. The molecule has 7 nitrogen and oxygen atoms in total. The van der Waals surface area contributed by atoms with Gasteiger partial charge in [0.25, 0.3) is 11.5 Å². The number of nitrogens with zero attached hydrogens (tertiary/aromatic N) is 4. The number of fused-ring (bicyclic) bond motifs is 4. The number of rotatable bonds is 4. The molecule has 2 saturated heterocycles. The van der Waals surface area contributed by atoms with Crippen LogP contribution in [0.3, 0.4) is 0 Å². The first kappa shape index (κ1) is 23.7. The van der Waals surface area contributed by atoms with Crippen LogP contribution in [0.5, 0.6) is 0 Å². The van der Waals surface area contributed by atoms with E-state index in [0.29, 0.717) is 30.8 Å². The van der Waals surface area contributed by atoms with Crippen LogP contribution >= 0.6 is 0 Å². The van der Waals surface area contributed by atoms with Crippen LogP contribution in [0.1, 0.15) is 39.5 Å². The number of benzene rings is 2. The highest BCUT2D eigenvalue weighted by molar-refractivity contribution is 5.94. The SMILES string of the molecule is N#Cc1ccc(C(=O)N2C[C@H]3C[C@H](C2)c2ccc(-c4ccccc4CN4CCOCC4)c(=O)n2C3)cc1. The Morgan fingerprint density at radius 3 is 2.51 bits per heavy atom. The number of amides is 1. The van der Waals surface area contributed by atoms with Crippen LogP contribution in [0.2, 0.25) is 0 Å². The highest BCUT2D eigenvalue weighted by Gasteiger charge is 2.37. The predicted molar refractivity (Wildman–Crippen MR) is 140 cm³/mol. The monoisotopic (exact) mass is 494 g/mol. The summed E-state index contributed by atoms with van der Waals surface area (Å²) in [5.41, 5.74) is 5.14. The summed E-state index contributed by atoms with van der Waals surface area (Å²) in [6.07, 6.45) is 0.990. The fourth-order valence-corrected chi connectivity index (χ4v) is 6.11. The van der Waals surface area contributed by atoms with Crippen LogP contribution in [0.4, 0.5) is 0 Å². The Morgan fingerprint density at radius 1 is 0.946 bits per heavy atom. The van der Waals surface area contributed by atoms with E-state index in [9.17, 15) is 9.59 Å². The van der Waals surface area contributed by atoms with Gasteiger partial charge in [0.15, 0.2) is 0 Å². The van der Waals surface area contributed by atoms with E-state index < -0.39 is 0 Å². The first-order valence-electron chi connectivity index (χ1n) is 13.0. The summed E-state index contributed by atoms with van der Waals surface area (Å²) < 4.78 is 7.46. The van der Waals surface area contributed by atoms with Crippen molar-refractivity contribution in [2.45, 2.75) is 25.4 Å². The van der Waals surface area contributed by atoms with E-state index in [4.69, 9.17) is 10.00 Å². The molecule has 1 amide bonds. The molecule has 3 aliphatic rings. The average Bonchev–Trinajstić information content (AvgIpc) is 2.94. The van der Waals surface area contributed by atoms with E-state index in [1.54, 1.807) is 24.3 Å². The van der Waals surface area contributed by atoms with E-state index in [1.165, 1.54) is 0 Å². The van der Waals surface area contributed by atoms with Gasteiger partial charge < -0.3 is 14.2 Å². The Labute approximate surface area is 216 Å². The van der Waals surface area contributed by atoms with Gasteiger partial charge in [0.05, 0.1) is 24.8 Å². The van der Waals surface area contributed by atoms with Crippen molar-refractivity contribution in [3.8, 4) is 17.2 Å². The number of hydrogen-bond acceptors (Lipinski definition) is 5. The van der Waals surface area contributed by atoms with E-state index in [0.717, 1.165) is 61.7 Å². The molecule has 0 radical (unpaired) electrons. The maximum Gasteiger partial charge on any atom is 0.258 e. The summed E-state index contributed by atoms with van der Waals surface area (Å²) in [6.45, 7) is 5.96. The zero-order valence-electron chi connectivity index (χ0n) is 20.8. The smallest absolute Gasteiger partial charge is 0.258 e. The summed E-state index contributed by atoms with van der Waals surface area (Å²) >= 11 is 0. The van der Waals surface area contributed by atoms with Crippen molar-refractivity contribution >= 4 is 5.91 Å². The number of carbonyl (C=O) groups excluding carboxylic acids is 1. The molecule has 4 heterocycles. The Balaban J connectivity index is 1.26. The number of pyridine rings is 1. The van der Waals surface area contributed by atoms with Crippen molar-refractivity contribution < 1.29 is 9.53 Å². The lowest BCUT2D eigenvalue weighted by Crippen LogP contribution is -2.49. The molecule has 0 spiro atoms. The molecule has 6 rings (SSSR count). The van der Waals surface area contributed by atoms with Gasteiger partial charge in [-0.25, -0.2) is 0 Å². The third kappa shape index (κ3) is 4.59. The lowest BCUT2D eigenvalue weighted by Gasteiger charge is -2.43. The Hall–Kier alpha value is -3.73. The standard InChI is InChI=1S/C30H30N4O3/c31-16-21-5-7-23(8-6-21)29(35)33-17-22-15-25(20-33)28-10-9-27(30(36)34(28)18-22)26-4-2-1-3-24(26)19-32-11-13-37-14-12-32/h1-10,22,25H,11-15,17-20H2/t22-,25-/m1/s1. The normalized spacial score (nSPS) is 21.2. The van der Waals surface area contributed by atoms with Gasteiger partial charge in [-0.05, 0) is 59.9 Å². The third-order valence-corrected chi connectivity index (χ3v) is 7.96. The minimum atomic E-state index is -0.0105. The minimum Gasteiger partial charge on any atom is -0.379 e. The fourth-order valence-electron chi connectivity index (χ4n) is 6.11. The molecule has 0 aliphatic carbocycles. The molecule has 2 atom stereocenters. The van der Waals surface area contributed by atoms with Gasteiger partial charge in [-0.1, -0.05) is 24.3 Å². The molecule has 3 aromatic rings. The molecule has 0 unspecified atom stereocenters. The number of piperidine rings is 1. The number of morpholine rings is 1. The van der Waals surface area contributed by atoms with Gasteiger partial charge in [0.1, 0.15) is 0 Å². The molecule has 0 N–H and O–H groups in total. The average molecular weight is 495 g/mol. The largest absolute Gasteiger partial charge is 0.379 e.